The SMILES string of the molecule is CCNC(=NCCN1c2ccccc2CC1C)NCC.I. The van der Waals surface area contributed by atoms with Crippen LogP contribution in [-0.2, 0) is 6.42 Å². The standard InChI is InChI=1S/C16H26N4.HI/c1-4-17-16(18-5-2)19-10-11-20-13(3)12-14-8-6-7-9-15(14)20;/h6-9,13H,4-5,10-12H2,1-3H3,(H2,17,18,19);1H. The van der Waals surface area contributed by atoms with Crippen molar-refractivity contribution in [3.8, 4) is 0 Å². The minimum absolute atomic E-state index is 0. The van der Waals surface area contributed by atoms with Crippen molar-refractivity contribution >= 4 is 35.6 Å². The first-order valence-corrected chi connectivity index (χ1v) is 7.63. The maximum atomic E-state index is 4.63. The fourth-order valence-corrected chi connectivity index (χ4v) is 2.75. The molecule has 2 N–H and O–H groups in total. The lowest BCUT2D eigenvalue weighted by Crippen LogP contribution is -2.38. The number of guanidine groups is 1. The summed E-state index contributed by atoms with van der Waals surface area (Å²) in [5.74, 6) is 0.912. The van der Waals surface area contributed by atoms with Gasteiger partial charge in [0.1, 0.15) is 0 Å². The number of nitrogens with one attached hydrogen (secondary N) is 2. The molecule has 0 aliphatic carbocycles. The van der Waals surface area contributed by atoms with Crippen LogP contribution in [0.2, 0.25) is 0 Å². The molecule has 5 heteroatoms. The number of hydrogen-bond acceptors (Lipinski definition) is 2. The van der Waals surface area contributed by atoms with Gasteiger partial charge in [-0.2, -0.15) is 0 Å². The van der Waals surface area contributed by atoms with Crippen molar-refractivity contribution in [1.29, 1.82) is 0 Å². The highest BCUT2D eigenvalue weighted by atomic mass is 127. The average Bonchev–Trinajstić information content (AvgIpc) is 2.76. The summed E-state index contributed by atoms with van der Waals surface area (Å²) >= 11 is 0. The number of fused-ring (bicyclic) bond motifs is 1. The van der Waals surface area contributed by atoms with E-state index in [4.69, 9.17) is 0 Å². The van der Waals surface area contributed by atoms with Crippen LogP contribution in [0, 0.1) is 0 Å². The average molecular weight is 402 g/mol. The zero-order chi connectivity index (χ0) is 14.4. The molecule has 0 radical (unpaired) electrons. The first-order chi connectivity index (χ1) is 9.76. The zero-order valence-corrected chi connectivity index (χ0v) is 15.6. The largest absolute Gasteiger partial charge is 0.366 e. The molecule has 1 aliphatic heterocycles. The quantitative estimate of drug-likeness (QED) is 0.452. The molecule has 0 amide bonds. The molecule has 1 aliphatic rings. The van der Waals surface area contributed by atoms with E-state index in [1.165, 1.54) is 11.3 Å². The Balaban J connectivity index is 0.00000220. The first-order valence-electron chi connectivity index (χ1n) is 7.63. The summed E-state index contributed by atoms with van der Waals surface area (Å²) in [6, 6.07) is 9.28. The summed E-state index contributed by atoms with van der Waals surface area (Å²) < 4.78 is 0. The van der Waals surface area contributed by atoms with Crippen LogP contribution < -0.4 is 15.5 Å². The fraction of sp³-hybridized carbons (Fsp3) is 0.562. The molecule has 2 rings (SSSR count). The third-order valence-corrected chi connectivity index (χ3v) is 3.65. The van der Waals surface area contributed by atoms with Crippen LogP contribution in [0.5, 0.6) is 0 Å². The van der Waals surface area contributed by atoms with Crippen LogP contribution in [-0.4, -0.2) is 38.2 Å². The molecule has 1 aromatic rings. The molecule has 1 heterocycles. The second-order valence-electron chi connectivity index (χ2n) is 5.17. The number of hydrogen-bond donors (Lipinski definition) is 2. The van der Waals surface area contributed by atoms with E-state index in [0.717, 1.165) is 38.6 Å². The van der Waals surface area contributed by atoms with Gasteiger partial charge in [-0.25, -0.2) is 0 Å². The third-order valence-electron chi connectivity index (χ3n) is 3.65. The highest BCUT2D eigenvalue weighted by molar-refractivity contribution is 14.0. The van der Waals surface area contributed by atoms with E-state index in [9.17, 15) is 0 Å². The van der Waals surface area contributed by atoms with Crippen LogP contribution in [0.25, 0.3) is 0 Å². The molecular weight excluding hydrogens is 375 g/mol. The van der Waals surface area contributed by atoms with Gasteiger partial charge in [0.25, 0.3) is 0 Å². The van der Waals surface area contributed by atoms with E-state index < -0.39 is 0 Å². The lowest BCUT2D eigenvalue weighted by atomic mass is 10.1. The molecular formula is C16H27IN4. The number of aliphatic imine (C=N–C) groups is 1. The van der Waals surface area contributed by atoms with Gasteiger partial charge >= 0.3 is 0 Å². The van der Waals surface area contributed by atoms with Crippen molar-refractivity contribution in [2.45, 2.75) is 33.2 Å². The van der Waals surface area contributed by atoms with Crippen molar-refractivity contribution in [3.05, 3.63) is 29.8 Å². The molecule has 0 saturated heterocycles. The van der Waals surface area contributed by atoms with Gasteiger partial charge in [0.05, 0.1) is 6.54 Å². The van der Waals surface area contributed by atoms with Crippen molar-refractivity contribution < 1.29 is 0 Å². The number of halogens is 1. The molecule has 1 aromatic carbocycles. The molecule has 0 aromatic heterocycles. The molecule has 0 fully saturated rings. The van der Waals surface area contributed by atoms with Crippen LogP contribution in [0.15, 0.2) is 29.3 Å². The van der Waals surface area contributed by atoms with E-state index in [0.29, 0.717) is 6.04 Å². The predicted octanol–water partition coefficient (Wildman–Crippen LogP) is 2.63. The number of benzene rings is 1. The summed E-state index contributed by atoms with van der Waals surface area (Å²) in [5.41, 5.74) is 2.84. The smallest absolute Gasteiger partial charge is 0.191 e. The lowest BCUT2D eigenvalue weighted by Gasteiger charge is -2.24. The highest BCUT2D eigenvalue weighted by Gasteiger charge is 2.24. The van der Waals surface area contributed by atoms with E-state index in [-0.39, 0.29) is 24.0 Å². The Morgan fingerprint density at radius 3 is 2.57 bits per heavy atom. The Morgan fingerprint density at radius 2 is 1.90 bits per heavy atom. The molecule has 4 nitrogen and oxygen atoms in total. The monoisotopic (exact) mass is 402 g/mol. The van der Waals surface area contributed by atoms with Gasteiger partial charge < -0.3 is 15.5 Å². The first kappa shape index (κ1) is 18.1. The van der Waals surface area contributed by atoms with Gasteiger partial charge in [0.15, 0.2) is 5.96 Å². The van der Waals surface area contributed by atoms with Crippen molar-refractivity contribution in [1.82, 2.24) is 10.6 Å². The van der Waals surface area contributed by atoms with Gasteiger partial charge in [-0.3, -0.25) is 4.99 Å². The summed E-state index contributed by atoms with van der Waals surface area (Å²) in [5, 5.41) is 6.52. The normalized spacial score (nSPS) is 16.0. The molecule has 118 valence electrons. The van der Waals surface area contributed by atoms with Crippen molar-refractivity contribution in [2.24, 2.45) is 4.99 Å². The Bertz CT molecular complexity index is 453. The number of para-hydroxylation sites is 1. The molecule has 21 heavy (non-hydrogen) atoms. The number of rotatable bonds is 5. The van der Waals surface area contributed by atoms with Crippen LogP contribution in [0.4, 0.5) is 5.69 Å². The molecule has 0 bridgehead atoms. The molecule has 0 saturated carbocycles. The second-order valence-corrected chi connectivity index (χ2v) is 5.17. The van der Waals surface area contributed by atoms with Gasteiger partial charge in [-0.1, -0.05) is 18.2 Å². The fourth-order valence-electron chi connectivity index (χ4n) is 2.75. The molecule has 0 spiro atoms. The summed E-state index contributed by atoms with van der Waals surface area (Å²) in [6.45, 7) is 10.0. The minimum Gasteiger partial charge on any atom is -0.366 e. The van der Waals surface area contributed by atoms with Crippen molar-refractivity contribution in [2.75, 3.05) is 31.1 Å². The zero-order valence-electron chi connectivity index (χ0n) is 13.2. The van der Waals surface area contributed by atoms with E-state index >= 15 is 0 Å². The van der Waals surface area contributed by atoms with E-state index in [1.54, 1.807) is 0 Å². The van der Waals surface area contributed by atoms with Crippen LogP contribution in [0.3, 0.4) is 0 Å². The Kier molecular flexibility index (Phi) is 7.85. The number of anilines is 1. The van der Waals surface area contributed by atoms with Gasteiger partial charge in [0.2, 0.25) is 0 Å². The van der Waals surface area contributed by atoms with Crippen LogP contribution in [0.1, 0.15) is 26.3 Å². The second kappa shape index (κ2) is 9.12. The molecule has 1 unspecified atom stereocenters. The Morgan fingerprint density at radius 1 is 1.24 bits per heavy atom. The van der Waals surface area contributed by atoms with Gasteiger partial charge in [0, 0.05) is 31.4 Å². The number of nitrogens with zero attached hydrogens (tertiary/aromatic N) is 2. The van der Waals surface area contributed by atoms with E-state index in [2.05, 4.69) is 65.6 Å². The maximum absolute atomic E-state index is 4.63. The van der Waals surface area contributed by atoms with Crippen molar-refractivity contribution in [3.63, 3.8) is 0 Å². The Labute approximate surface area is 145 Å². The summed E-state index contributed by atoms with van der Waals surface area (Å²) in [6.07, 6.45) is 1.15. The van der Waals surface area contributed by atoms with Crippen LogP contribution >= 0.6 is 24.0 Å². The van der Waals surface area contributed by atoms with Gasteiger partial charge in [-0.15, -0.1) is 24.0 Å². The highest BCUT2D eigenvalue weighted by Crippen LogP contribution is 2.31. The minimum atomic E-state index is 0. The predicted molar refractivity (Wildman–Crippen MR) is 102 cm³/mol. The maximum Gasteiger partial charge on any atom is 0.191 e. The topological polar surface area (TPSA) is 39.7 Å². The van der Waals surface area contributed by atoms with Gasteiger partial charge in [-0.05, 0) is 38.8 Å². The summed E-state index contributed by atoms with van der Waals surface area (Å²) in [7, 11) is 0. The summed E-state index contributed by atoms with van der Waals surface area (Å²) in [4.78, 5) is 7.09. The van der Waals surface area contributed by atoms with E-state index in [1.807, 2.05) is 0 Å². The molecule has 1 atom stereocenters. The lowest BCUT2D eigenvalue weighted by molar-refractivity contribution is 0.672. The Hall–Kier alpha value is -0.980. The third kappa shape index (κ3) is 4.76.